The fourth-order valence-corrected chi connectivity index (χ4v) is 2.63. The number of rotatable bonds is 1. The van der Waals surface area contributed by atoms with E-state index in [1.165, 1.54) is 0 Å². The molecule has 1 saturated heterocycles. The fourth-order valence-electron chi connectivity index (χ4n) is 2.27. The highest BCUT2D eigenvalue weighted by Gasteiger charge is 2.52. The second kappa shape index (κ2) is 3.56. The van der Waals surface area contributed by atoms with Crippen molar-refractivity contribution in [2.24, 2.45) is 5.92 Å². The summed E-state index contributed by atoms with van der Waals surface area (Å²) in [6.07, 6.45) is 4.82. The Morgan fingerprint density at radius 3 is 2.92 bits per heavy atom. The molecule has 2 rings (SSSR count). The number of carbonyl (C=O) groups excluding carboxylic acids is 1. The Hall–Kier alpha value is -0.120. The summed E-state index contributed by atoms with van der Waals surface area (Å²) in [4.78, 5) is 21.0. The van der Waals surface area contributed by atoms with Gasteiger partial charge in [-0.05, 0) is 12.8 Å². The summed E-state index contributed by atoms with van der Waals surface area (Å²) in [5.74, 6) is -0.0914. The molecule has 1 aliphatic heterocycles. The molecule has 74 valence electrons. The van der Waals surface area contributed by atoms with Crippen molar-refractivity contribution in [1.29, 1.82) is 0 Å². The van der Waals surface area contributed by atoms with Crippen LogP contribution in [0.5, 0.6) is 0 Å². The number of halogens is 1. The fraction of sp³-hybridized carbons (Fsp3) is 0.889. The number of hydrogen-bond donors (Lipinski definition) is 0. The van der Waals surface area contributed by atoms with E-state index in [0.717, 1.165) is 32.0 Å². The highest BCUT2D eigenvalue weighted by atomic mass is 35.5. The van der Waals surface area contributed by atoms with E-state index in [2.05, 4.69) is 0 Å². The maximum Gasteiger partial charge on any atom is 0.131 e. The Kier molecular flexibility index (Phi) is 2.58. The molecule has 3 nitrogen and oxygen atoms in total. The van der Waals surface area contributed by atoms with Gasteiger partial charge in [0.05, 0.1) is 5.38 Å². The average Bonchev–Trinajstić information content (AvgIpc) is 2.50. The van der Waals surface area contributed by atoms with E-state index < -0.39 is 5.60 Å². The van der Waals surface area contributed by atoms with Crippen molar-refractivity contribution in [3.63, 3.8) is 0 Å². The average molecular weight is 205 g/mol. The van der Waals surface area contributed by atoms with Gasteiger partial charge in [-0.2, -0.15) is 0 Å². The van der Waals surface area contributed by atoms with Gasteiger partial charge in [0.1, 0.15) is 18.5 Å². The monoisotopic (exact) mass is 204 g/mol. The van der Waals surface area contributed by atoms with Crippen LogP contribution in [0.1, 0.15) is 25.7 Å². The summed E-state index contributed by atoms with van der Waals surface area (Å²) in [6, 6.07) is 0. The number of aldehydes is 1. The largest absolute Gasteiger partial charge is 0.303 e. The van der Waals surface area contributed by atoms with Crippen molar-refractivity contribution in [2.45, 2.75) is 36.7 Å². The van der Waals surface area contributed by atoms with Crippen molar-refractivity contribution in [3.8, 4) is 0 Å². The number of carbonyl (C=O) groups is 1. The van der Waals surface area contributed by atoms with Gasteiger partial charge in [0.25, 0.3) is 0 Å². The van der Waals surface area contributed by atoms with Gasteiger partial charge in [0.2, 0.25) is 0 Å². The molecule has 0 bridgehead atoms. The van der Waals surface area contributed by atoms with Crippen molar-refractivity contribution in [1.82, 2.24) is 0 Å². The Morgan fingerprint density at radius 2 is 2.31 bits per heavy atom. The lowest BCUT2D eigenvalue weighted by molar-refractivity contribution is -0.321. The van der Waals surface area contributed by atoms with Gasteiger partial charge in [-0.1, -0.05) is 12.8 Å². The van der Waals surface area contributed by atoms with E-state index >= 15 is 0 Å². The lowest BCUT2D eigenvalue weighted by Gasteiger charge is -2.37. The Bertz CT molecular complexity index is 209. The van der Waals surface area contributed by atoms with E-state index in [4.69, 9.17) is 21.4 Å². The van der Waals surface area contributed by atoms with E-state index in [1.54, 1.807) is 0 Å². The standard InChI is InChI=1S/C9H13ClO3/c10-8-6-12-13-9(8)4-2-1-3-7(9)5-11/h5,7-8H,1-4,6H2. The second-order valence-corrected chi connectivity index (χ2v) is 4.31. The summed E-state index contributed by atoms with van der Waals surface area (Å²) in [6.45, 7) is 0.395. The van der Waals surface area contributed by atoms with Gasteiger partial charge in [0.15, 0.2) is 0 Å². The molecular weight excluding hydrogens is 192 g/mol. The summed E-state index contributed by atoms with van der Waals surface area (Å²) in [5.41, 5.74) is -0.526. The van der Waals surface area contributed by atoms with Gasteiger partial charge in [-0.25, -0.2) is 9.78 Å². The first-order chi connectivity index (χ1) is 6.29. The van der Waals surface area contributed by atoms with Crippen LogP contribution < -0.4 is 0 Å². The van der Waals surface area contributed by atoms with Crippen molar-refractivity contribution in [2.75, 3.05) is 6.61 Å². The highest BCUT2D eigenvalue weighted by molar-refractivity contribution is 6.21. The zero-order valence-electron chi connectivity index (χ0n) is 7.37. The van der Waals surface area contributed by atoms with E-state index in [0.29, 0.717) is 6.61 Å². The molecule has 1 aliphatic carbocycles. The Morgan fingerprint density at radius 1 is 1.46 bits per heavy atom. The first kappa shape index (κ1) is 9.44. The zero-order chi connectivity index (χ0) is 9.31. The lowest BCUT2D eigenvalue weighted by Crippen LogP contribution is -2.47. The predicted molar refractivity (Wildman–Crippen MR) is 47.4 cm³/mol. The van der Waals surface area contributed by atoms with Crippen LogP contribution in [0.2, 0.25) is 0 Å². The maximum absolute atomic E-state index is 10.9. The summed E-state index contributed by atoms with van der Waals surface area (Å²) < 4.78 is 0. The maximum atomic E-state index is 10.9. The summed E-state index contributed by atoms with van der Waals surface area (Å²) in [7, 11) is 0. The predicted octanol–water partition coefficient (Wildman–Crippen LogP) is 1.68. The van der Waals surface area contributed by atoms with Crippen LogP contribution in [0.4, 0.5) is 0 Å². The third-order valence-corrected chi connectivity index (χ3v) is 3.58. The van der Waals surface area contributed by atoms with Gasteiger partial charge >= 0.3 is 0 Å². The molecule has 0 N–H and O–H groups in total. The number of hydrogen-bond acceptors (Lipinski definition) is 3. The highest BCUT2D eigenvalue weighted by Crippen LogP contribution is 2.43. The minimum absolute atomic E-state index is 0.0914. The molecule has 0 aromatic carbocycles. The Balaban J connectivity index is 2.20. The molecule has 0 aromatic rings. The van der Waals surface area contributed by atoms with Crippen LogP contribution in [0.3, 0.4) is 0 Å². The molecule has 0 amide bonds. The van der Waals surface area contributed by atoms with Gasteiger partial charge < -0.3 is 4.79 Å². The second-order valence-electron chi connectivity index (χ2n) is 3.78. The minimum atomic E-state index is -0.526. The molecule has 4 heteroatoms. The van der Waals surface area contributed by atoms with Crippen LogP contribution in [-0.4, -0.2) is 23.9 Å². The zero-order valence-corrected chi connectivity index (χ0v) is 8.13. The summed E-state index contributed by atoms with van der Waals surface area (Å²) in [5, 5.41) is -0.178. The molecule has 3 unspecified atom stereocenters. The van der Waals surface area contributed by atoms with Gasteiger partial charge in [-0.3, -0.25) is 0 Å². The summed E-state index contributed by atoms with van der Waals surface area (Å²) >= 11 is 6.11. The molecule has 0 aromatic heterocycles. The van der Waals surface area contributed by atoms with E-state index in [-0.39, 0.29) is 11.3 Å². The van der Waals surface area contributed by atoms with Crippen LogP contribution in [0.25, 0.3) is 0 Å². The SMILES string of the molecule is O=CC1CCCCC12OOCC2Cl. The van der Waals surface area contributed by atoms with Gasteiger partial charge in [-0.15, -0.1) is 11.6 Å². The minimum Gasteiger partial charge on any atom is -0.303 e. The first-order valence-corrected chi connectivity index (χ1v) is 5.13. The topological polar surface area (TPSA) is 35.5 Å². The van der Waals surface area contributed by atoms with E-state index in [1.807, 2.05) is 0 Å². The van der Waals surface area contributed by atoms with Crippen LogP contribution in [-0.2, 0) is 14.6 Å². The molecule has 1 saturated carbocycles. The molecule has 1 spiro atoms. The lowest BCUT2D eigenvalue weighted by atomic mass is 9.74. The molecule has 1 heterocycles. The molecule has 0 radical (unpaired) electrons. The third kappa shape index (κ3) is 1.39. The van der Waals surface area contributed by atoms with Crippen molar-refractivity contribution < 1.29 is 14.6 Å². The van der Waals surface area contributed by atoms with Crippen LogP contribution >= 0.6 is 11.6 Å². The van der Waals surface area contributed by atoms with E-state index in [9.17, 15) is 4.79 Å². The molecule has 2 aliphatic rings. The normalized spacial score (nSPS) is 45.3. The van der Waals surface area contributed by atoms with Crippen molar-refractivity contribution in [3.05, 3.63) is 0 Å². The quantitative estimate of drug-likeness (QED) is 0.371. The van der Waals surface area contributed by atoms with Crippen LogP contribution in [0, 0.1) is 5.92 Å². The Labute approximate surface area is 82.3 Å². The van der Waals surface area contributed by atoms with Crippen molar-refractivity contribution >= 4 is 17.9 Å². The molecular formula is C9H13ClO3. The number of alkyl halides is 1. The third-order valence-electron chi connectivity index (χ3n) is 3.08. The molecule has 13 heavy (non-hydrogen) atoms. The van der Waals surface area contributed by atoms with Crippen LogP contribution in [0.15, 0.2) is 0 Å². The van der Waals surface area contributed by atoms with Gasteiger partial charge in [0, 0.05) is 5.92 Å². The molecule has 3 atom stereocenters. The molecule has 2 fully saturated rings. The smallest absolute Gasteiger partial charge is 0.131 e. The first-order valence-electron chi connectivity index (χ1n) is 4.69.